The Hall–Kier alpha value is -4.51. The van der Waals surface area contributed by atoms with Crippen molar-refractivity contribution in [1.82, 2.24) is 19.6 Å². The van der Waals surface area contributed by atoms with E-state index in [0.29, 0.717) is 28.5 Å². The van der Waals surface area contributed by atoms with E-state index in [1.54, 1.807) is 36.7 Å². The number of carbonyl (C=O) groups excluding carboxylic acids is 1. The number of aromatic carboxylic acids is 1. The lowest BCUT2D eigenvalue weighted by Gasteiger charge is -2.27. The van der Waals surface area contributed by atoms with Gasteiger partial charge in [0, 0.05) is 41.9 Å². The molecule has 1 fully saturated rings. The lowest BCUT2D eigenvalue weighted by molar-refractivity contribution is 0.0696. The molecule has 1 saturated carbocycles. The topological polar surface area (TPSA) is 160 Å². The Morgan fingerprint density at radius 2 is 1.72 bits per heavy atom. The van der Waals surface area contributed by atoms with Crippen LogP contribution < -0.4 is 21.7 Å². The van der Waals surface area contributed by atoms with Gasteiger partial charge in [-0.05, 0) is 62.1 Å². The van der Waals surface area contributed by atoms with Crippen LogP contribution in [-0.2, 0) is 0 Å². The van der Waals surface area contributed by atoms with Crippen molar-refractivity contribution >= 4 is 40.4 Å². The van der Waals surface area contributed by atoms with Gasteiger partial charge in [-0.15, -0.1) is 5.10 Å². The van der Waals surface area contributed by atoms with Gasteiger partial charge in [0.25, 0.3) is 5.91 Å². The molecule has 11 nitrogen and oxygen atoms in total. The van der Waals surface area contributed by atoms with E-state index in [-0.39, 0.29) is 29.2 Å². The van der Waals surface area contributed by atoms with E-state index >= 15 is 0 Å². The number of nitrogens with two attached hydrogens (primary N) is 1. The van der Waals surface area contributed by atoms with Crippen LogP contribution in [0.2, 0.25) is 0 Å². The van der Waals surface area contributed by atoms with Crippen molar-refractivity contribution in [3.8, 4) is 0 Å². The molecule has 1 amide bonds. The Kier molecular flexibility index (Phi) is 6.46. The maximum Gasteiger partial charge on any atom is 0.335 e. The van der Waals surface area contributed by atoms with Gasteiger partial charge in [0.2, 0.25) is 0 Å². The largest absolute Gasteiger partial charge is 0.478 e. The number of imidazole rings is 1. The molecule has 0 radical (unpaired) electrons. The molecule has 0 aliphatic heterocycles. The molecule has 0 spiro atoms. The number of rotatable bonds is 7. The standard InChI is InChI=1S/C25H26N8O3/c26-16-3-7-18(8-4-16)30-22-13-20(29-17-5-1-15(2-6-17)25(35)36)23-28-14-21(33(23)32-22)24(34)31-19-9-11-27-12-10-19/h1-2,5-6,9-14,16,18,29H,3-4,7-8,26H2,(H,30,32)(H,35,36)(H,27,31,34). The van der Waals surface area contributed by atoms with Gasteiger partial charge < -0.3 is 26.8 Å². The molecule has 3 aromatic heterocycles. The minimum absolute atomic E-state index is 0.189. The van der Waals surface area contributed by atoms with Crippen LogP contribution in [0.5, 0.6) is 0 Å². The second kappa shape index (κ2) is 10.0. The highest BCUT2D eigenvalue weighted by Gasteiger charge is 2.21. The molecule has 11 heteroatoms. The lowest BCUT2D eigenvalue weighted by atomic mass is 9.92. The fourth-order valence-electron chi connectivity index (χ4n) is 4.24. The van der Waals surface area contributed by atoms with Gasteiger partial charge in [0.1, 0.15) is 5.82 Å². The normalized spacial score (nSPS) is 17.5. The van der Waals surface area contributed by atoms with E-state index in [4.69, 9.17) is 5.73 Å². The minimum Gasteiger partial charge on any atom is -0.478 e. The average molecular weight is 487 g/mol. The Morgan fingerprint density at radius 3 is 2.42 bits per heavy atom. The molecule has 0 atom stereocenters. The number of carboxylic acids is 1. The van der Waals surface area contributed by atoms with Crippen molar-refractivity contribution < 1.29 is 14.7 Å². The Bertz CT molecular complexity index is 1380. The zero-order valence-corrected chi connectivity index (χ0v) is 19.4. The summed E-state index contributed by atoms with van der Waals surface area (Å²) in [6.45, 7) is 0. The summed E-state index contributed by atoms with van der Waals surface area (Å²) in [5.41, 5.74) is 8.86. The van der Waals surface area contributed by atoms with Crippen molar-refractivity contribution in [3.05, 3.63) is 72.3 Å². The number of aromatic nitrogens is 4. The van der Waals surface area contributed by atoms with E-state index in [1.807, 2.05) is 6.07 Å². The van der Waals surface area contributed by atoms with E-state index in [0.717, 1.165) is 25.7 Å². The Morgan fingerprint density at radius 1 is 1.00 bits per heavy atom. The predicted molar refractivity (Wildman–Crippen MR) is 136 cm³/mol. The van der Waals surface area contributed by atoms with Gasteiger partial charge >= 0.3 is 5.97 Å². The molecule has 1 aliphatic carbocycles. The highest BCUT2D eigenvalue weighted by Crippen LogP contribution is 2.27. The number of hydrogen-bond donors (Lipinski definition) is 5. The number of benzene rings is 1. The van der Waals surface area contributed by atoms with Crippen molar-refractivity contribution in [2.24, 2.45) is 5.73 Å². The summed E-state index contributed by atoms with van der Waals surface area (Å²) in [7, 11) is 0. The van der Waals surface area contributed by atoms with Crippen LogP contribution in [-0.4, -0.2) is 48.6 Å². The van der Waals surface area contributed by atoms with Gasteiger partial charge in [0.05, 0.1) is 17.4 Å². The van der Waals surface area contributed by atoms with E-state index in [9.17, 15) is 14.7 Å². The zero-order valence-electron chi connectivity index (χ0n) is 19.4. The fraction of sp³-hybridized carbons (Fsp3) is 0.240. The zero-order chi connectivity index (χ0) is 25.1. The molecule has 0 bridgehead atoms. The second-order valence-corrected chi connectivity index (χ2v) is 8.78. The van der Waals surface area contributed by atoms with Crippen LogP contribution in [0.3, 0.4) is 0 Å². The third-order valence-electron chi connectivity index (χ3n) is 6.17. The molecule has 1 aromatic carbocycles. The van der Waals surface area contributed by atoms with Crippen molar-refractivity contribution in [2.45, 2.75) is 37.8 Å². The number of nitrogens with zero attached hydrogens (tertiary/aromatic N) is 4. The molecule has 3 heterocycles. The highest BCUT2D eigenvalue weighted by atomic mass is 16.4. The first-order valence-corrected chi connectivity index (χ1v) is 11.7. The lowest BCUT2D eigenvalue weighted by Crippen LogP contribution is -2.33. The number of fused-ring (bicyclic) bond motifs is 1. The number of anilines is 4. The maximum absolute atomic E-state index is 13.1. The number of hydrogen-bond acceptors (Lipinski definition) is 8. The van der Waals surface area contributed by atoms with Crippen LogP contribution in [0.15, 0.2) is 61.1 Å². The summed E-state index contributed by atoms with van der Waals surface area (Å²) in [6, 6.07) is 12.1. The van der Waals surface area contributed by atoms with Crippen LogP contribution in [0.25, 0.3) is 5.65 Å². The maximum atomic E-state index is 13.1. The number of nitrogens with one attached hydrogen (secondary N) is 3. The smallest absolute Gasteiger partial charge is 0.335 e. The van der Waals surface area contributed by atoms with Gasteiger partial charge in [0.15, 0.2) is 11.3 Å². The summed E-state index contributed by atoms with van der Waals surface area (Å²) in [4.78, 5) is 32.7. The van der Waals surface area contributed by atoms with E-state index in [2.05, 4.69) is 31.0 Å². The summed E-state index contributed by atoms with van der Waals surface area (Å²) in [5.74, 6) is -0.771. The summed E-state index contributed by atoms with van der Waals surface area (Å²) in [5, 5.41) is 23.4. The predicted octanol–water partition coefficient (Wildman–Crippen LogP) is 3.50. The monoisotopic (exact) mass is 486 g/mol. The first-order chi connectivity index (χ1) is 17.5. The summed E-state index contributed by atoms with van der Waals surface area (Å²) in [6.07, 6.45) is 8.40. The Balaban J connectivity index is 1.49. The van der Waals surface area contributed by atoms with Gasteiger partial charge in [-0.3, -0.25) is 9.78 Å². The number of amides is 1. The van der Waals surface area contributed by atoms with Crippen LogP contribution in [0, 0.1) is 0 Å². The van der Waals surface area contributed by atoms with E-state index < -0.39 is 5.97 Å². The molecular weight excluding hydrogens is 460 g/mol. The number of carbonyl (C=O) groups is 2. The molecule has 1 aliphatic rings. The summed E-state index contributed by atoms with van der Waals surface area (Å²) >= 11 is 0. The van der Waals surface area contributed by atoms with Crippen molar-refractivity contribution in [1.29, 1.82) is 0 Å². The second-order valence-electron chi connectivity index (χ2n) is 8.78. The Labute approximate surface area is 206 Å². The molecule has 184 valence electrons. The van der Waals surface area contributed by atoms with Gasteiger partial charge in [-0.1, -0.05) is 0 Å². The molecule has 6 N–H and O–H groups in total. The number of carboxylic acid groups (broad SMARTS) is 1. The molecular formula is C25H26N8O3. The molecule has 4 aromatic rings. The van der Waals surface area contributed by atoms with Crippen LogP contribution >= 0.6 is 0 Å². The molecule has 0 unspecified atom stereocenters. The van der Waals surface area contributed by atoms with Crippen molar-refractivity contribution in [3.63, 3.8) is 0 Å². The minimum atomic E-state index is -0.996. The van der Waals surface area contributed by atoms with Crippen molar-refractivity contribution in [2.75, 3.05) is 16.0 Å². The summed E-state index contributed by atoms with van der Waals surface area (Å²) < 4.78 is 1.50. The third-order valence-corrected chi connectivity index (χ3v) is 6.17. The van der Waals surface area contributed by atoms with Gasteiger partial charge in [-0.25, -0.2) is 14.3 Å². The highest BCUT2D eigenvalue weighted by molar-refractivity contribution is 6.03. The first-order valence-electron chi connectivity index (χ1n) is 11.7. The molecule has 0 saturated heterocycles. The number of pyridine rings is 1. The molecule has 36 heavy (non-hydrogen) atoms. The quantitative estimate of drug-likeness (QED) is 0.263. The van der Waals surface area contributed by atoms with Crippen LogP contribution in [0.4, 0.5) is 22.9 Å². The third kappa shape index (κ3) is 5.10. The van der Waals surface area contributed by atoms with E-state index in [1.165, 1.54) is 22.8 Å². The fourth-order valence-corrected chi connectivity index (χ4v) is 4.24. The van der Waals surface area contributed by atoms with Crippen LogP contribution in [0.1, 0.15) is 46.5 Å². The average Bonchev–Trinajstić information content (AvgIpc) is 3.31. The SMILES string of the molecule is NC1CCC(Nc2cc(Nc3ccc(C(=O)O)cc3)c3ncc(C(=O)Nc4ccncc4)n3n2)CC1. The first kappa shape index (κ1) is 23.2. The molecule has 5 rings (SSSR count). The van der Waals surface area contributed by atoms with Gasteiger partial charge in [-0.2, -0.15) is 0 Å².